The molecule has 15 heavy (non-hydrogen) atoms. The van der Waals surface area contributed by atoms with Crippen LogP contribution in [0, 0.1) is 22.7 Å². The van der Waals surface area contributed by atoms with Gasteiger partial charge in [-0.2, -0.15) is 10.5 Å². The summed E-state index contributed by atoms with van der Waals surface area (Å²) >= 11 is 0. The van der Waals surface area contributed by atoms with Gasteiger partial charge in [0.25, 0.3) is 0 Å². The molecule has 76 valence electrons. The van der Waals surface area contributed by atoms with Crippen molar-refractivity contribution in [2.24, 2.45) is 0 Å². The lowest BCUT2D eigenvalue weighted by Gasteiger charge is -2.10. The van der Waals surface area contributed by atoms with E-state index in [1.54, 1.807) is 12.1 Å². The summed E-state index contributed by atoms with van der Waals surface area (Å²) in [4.78, 5) is 0. The largest absolute Gasteiger partial charge is 0.493 e. The van der Waals surface area contributed by atoms with Crippen LogP contribution in [0.25, 0.3) is 0 Å². The van der Waals surface area contributed by atoms with Crippen molar-refractivity contribution in [2.75, 3.05) is 14.2 Å². The van der Waals surface area contributed by atoms with Crippen LogP contribution in [0.2, 0.25) is 0 Å². The van der Waals surface area contributed by atoms with Crippen LogP contribution in [0.15, 0.2) is 12.1 Å². The van der Waals surface area contributed by atoms with Crippen molar-refractivity contribution >= 4 is 0 Å². The van der Waals surface area contributed by atoms with Gasteiger partial charge in [-0.1, -0.05) is 0 Å². The molecule has 0 fully saturated rings. The first kappa shape index (κ1) is 10.9. The summed E-state index contributed by atoms with van der Waals surface area (Å²) in [5.41, 5.74) is 1.12. The average Bonchev–Trinajstić information content (AvgIpc) is 2.28. The molecule has 1 aromatic rings. The molecule has 0 aliphatic carbocycles. The van der Waals surface area contributed by atoms with Crippen molar-refractivity contribution in [3.05, 3.63) is 23.3 Å². The summed E-state index contributed by atoms with van der Waals surface area (Å²) in [6.07, 6.45) is 0.245. The minimum absolute atomic E-state index is 0.245. The van der Waals surface area contributed by atoms with E-state index in [4.69, 9.17) is 20.0 Å². The SMILES string of the molecule is COc1cc(CC#N)cc(C#N)c1OC. The molecule has 1 rings (SSSR count). The smallest absolute Gasteiger partial charge is 0.178 e. The van der Waals surface area contributed by atoms with Gasteiger partial charge in [-0.05, 0) is 17.7 Å². The average molecular weight is 202 g/mol. The molecule has 1 aromatic carbocycles. The van der Waals surface area contributed by atoms with Gasteiger partial charge in [-0.3, -0.25) is 0 Å². The Labute approximate surface area is 88.3 Å². The summed E-state index contributed by atoms with van der Waals surface area (Å²) in [7, 11) is 2.97. The number of benzene rings is 1. The van der Waals surface area contributed by atoms with Gasteiger partial charge < -0.3 is 9.47 Å². The van der Waals surface area contributed by atoms with Crippen molar-refractivity contribution in [1.29, 1.82) is 10.5 Å². The number of nitrogens with zero attached hydrogens (tertiary/aromatic N) is 2. The van der Waals surface area contributed by atoms with E-state index < -0.39 is 0 Å². The third-order valence-corrected chi connectivity index (χ3v) is 1.94. The van der Waals surface area contributed by atoms with Gasteiger partial charge in [0.15, 0.2) is 11.5 Å². The van der Waals surface area contributed by atoms with Crippen LogP contribution in [-0.2, 0) is 6.42 Å². The molecule has 0 aliphatic rings. The van der Waals surface area contributed by atoms with Crippen molar-refractivity contribution < 1.29 is 9.47 Å². The summed E-state index contributed by atoms with van der Waals surface area (Å²) in [5, 5.41) is 17.5. The number of hydrogen-bond acceptors (Lipinski definition) is 4. The molecule has 4 nitrogen and oxygen atoms in total. The first-order chi connectivity index (χ1) is 7.26. The third-order valence-electron chi connectivity index (χ3n) is 1.94. The minimum atomic E-state index is 0.245. The Bertz CT molecular complexity index is 441. The summed E-state index contributed by atoms with van der Waals surface area (Å²) in [5.74, 6) is 0.878. The maximum atomic E-state index is 8.89. The first-order valence-corrected chi connectivity index (χ1v) is 4.28. The van der Waals surface area contributed by atoms with Gasteiger partial charge >= 0.3 is 0 Å². The maximum absolute atomic E-state index is 8.89. The Hall–Kier alpha value is -2.20. The van der Waals surface area contributed by atoms with Crippen LogP contribution >= 0.6 is 0 Å². The topological polar surface area (TPSA) is 66.0 Å². The van der Waals surface area contributed by atoms with E-state index in [-0.39, 0.29) is 6.42 Å². The van der Waals surface area contributed by atoms with Gasteiger partial charge in [0.2, 0.25) is 0 Å². The predicted octanol–water partition coefficient (Wildman–Crippen LogP) is 1.64. The molecule has 0 bridgehead atoms. The zero-order valence-corrected chi connectivity index (χ0v) is 8.57. The molecule has 4 heteroatoms. The normalized spacial score (nSPS) is 8.80. The zero-order chi connectivity index (χ0) is 11.3. The molecule has 0 heterocycles. The first-order valence-electron chi connectivity index (χ1n) is 4.28. The van der Waals surface area contributed by atoms with Gasteiger partial charge in [-0.15, -0.1) is 0 Å². The van der Waals surface area contributed by atoms with Crippen LogP contribution in [0.4, 0.5) is 0 Å². The van der Waals surface area contributed by atoms with Crippen LogP contribution in [0.3, 0.4) is 0 Å². The van der Waals surface area contributed by atoms with Gasteiger partial charge in [0, 0.05) is 0 Å². The number of hydrogen-bond donors (Lipinski definition) is 0. The van der Waals surface area contributed by atoms with Crippen LogP contribution in [0.1, 0.15) is 11.1 Å². The Balaban J connectivity index is 3.32. The second kappa shape index (κ2) is 4.88. The van der Waals surface area contributed by atoms with E-state index in [9.17, 15) is 0 Å². The lowest BCUT2D eigenvalue weighted by atomic mass is 10.1. The van der Waals surface area contributed by atoms with Crippen molar-refractivity contribution in [1.82, 2.24) is 0 Å². The summed E-state index contributed by atoms with van der Waals surface area (Å²) < 4.78 is 10.1. The van der Waals surface area contributed by atoms with E-state index in [2.05, 4.69) is 0 Å². The molecule has 0 spiro atoms. The Kier molecular flexibility index (Phi) is 3.54. The quantitative estimate of drug-likeness (QED) is 0.747. The van der Waals surface area contributed by atoms with Gasteiger partial charge in [-0.25, -0.2) is 0 Å². The molecule has 0 saturated heterocycles. The van der Waals surface area contributed by atoms with E-state index in [1.165, 1.54) is 14.2 Å². The van der Waals surface area contributed by atoms with E-state index in [0.29, 0.717) is 17.1 Å². The Morgan fingerprint density at radius 3 is 2.40 bits per heavy atom. The standard InChI is InChI=1S/C11H10N2O2/c1-14-10-6-8(3-4-12)5-9(7-13)11(10)15-2/h5-6H,3H2,1-2H3. The molecule has 0 unspecified atom stereocenters. The van der Waals surface area contributed by atoms with Gasteiger partial charge in [0.05, 0.1) is 32.3 Å². The lowest BCUT2D eigenvalue weighted by Crippen LogP contribution is -1.96. The molecule has 0 aromatic heterocycles. The highest BCUT2D eigenvalue weighted by molar-refractivity contribution is 5.55. The Morgan fingerprint density at radius 2 is 1.93 bits per heavy atom. The number of nitriles is 2. The molecule has 0 N–H and O–H groups in total. The molecular formula is C11H10N2O2. The van der Waals surface area contributed by atoms with Crippen molar-refractivity contribution in [2.45, 2.75) is 6.42 Å². The van der Waals surface area contributed by atoms with Gasteiger partial charge in [0.1, 0.15) is 6.07 Å². The van der Waals surface area contributed by atoms with Crippen molar-refractivity contribution in [3.8, 4) is 23.6 Å². The van der Waals surface area contributed by atoms with Crippen LogP contribution in [-0.4, -0.2) is 14.2 Å². The second-order valence-corrected chi connectivity index (χ2v) is 2.83. The number of rotatable bonds is 3. The summed E-state index contributed by atoms with van der Waals surface area (Å²) in [6.45, 7) is 0. The predicted molar refractivity (Wildman–Crippen MR) is 53.6 cm³/mol. The van der Waals surface area contributed by atoms with Crippen LogP contribution in [0.5, 0.6) is 11.5 Å². The number of ether oxygens (including phenoxy) is 2. The van der Waals surface area contributed by atoms with E-state index >= 15 is 0 Å². The molecule has 0 aliphatic heterocycles. The molecule has 0 amide bonds. The molecule has 0 radical (unpaired) electrons. The minimum Gasteiger partial charge on any atom is -0.493 e. The highest BCUT2D eigenvalue weighted by Crippen LogP contribution is 2.32. The zero-order valence-electron chi connectivity index (χ0n) is 8.57. The van der Waals surface area contributed by atoms with Crippen LogP contribution < -0.4 is 9.47 Å². The fraction of sp³-hybridized carbons (Fsp3) is 0.273. The van der Waals surface area contributed by atoms with E-state index in [0.717, 1.165) is 5.56 Å². The Morgan fingerprint density at radius 1 is 1.20 bits per heavy atom. The highest BCUT2D eigenvalue weighted by atomic mass is 16.5. The highest BCUT2D eigenvalue weighted by Gasteiger charge is 2.11. The monoisotopic (exact) mass is 202 g/mol. The number of methoxy groups -OCH3 is 2. The summed E-state index contributed by atoms with van der Waals surface area (Å²) in [6, 6.07) is 7.35. The molecular weight excluding hydrogens is 192 g/mol. The second-order valence-electron chi connectivity index (χ2n) is 2.83. The third kappa shape index (κ3) is 2.18. The maximum Gasteiger partial charge on any atom is 0.178 e. The fourth-order valence-corrected chi connectivity index (χ4v) is 1.30. The lowest BCUT2D eigenvalue weighted by molar-refractivity contribution is 0.353. The molecule has 0 atom stereocenters. The van der Waals surface area contributed by atoms with Crippen molar-refractivity contribution in [3.63, 3.8) is 0 Å². The van der Waals surface area contributed by atoms with E-state index in [1.807, 2.05) is 12.1 Å². The fourth-order valence-electron chi connectivity index (χ4n) is 1.30. The molecule has 0 saturated carbocycles.